The zero-order valence-electron chi connectivity index (χ0n) is 10.9. The molecule has 102 valence electrons. The molecule has 1 rings (SSSR count). The van der Waals surface area contributed by atoms with Crippen molar-refractivity contribution in [3.05, 3.63) is 0 Å². The van der Waals surface area contributed by atoms with Crippen molar-refractivity contribution in [1.29, 1.82) is 0 Å². The minimum atomic E-state index is 0. The number of halogens is 1. The molecule has 3 nitrogen and oxygen atoms in total. The Hall–Kier alpha value is 0.0700. The highest BCUT2D eigenvalue weighted by Crippen LogP contribution is 2.18. The van der Waals surface area contributed by atoms with Gasteiger partial charge < -0.3 is 10.6 Å². The maximum absolute atomic E-state index is 11.9. The van der Waals surface area contributed by atoms with Crippen LogP contribution in [0.25, 0.3) is 0 Å². The predicted molar refractivity (Wildman–Crippen MR) is 77.8 cm³/mol. The van der Waals surface area contributed by atoms with Gasteiger partial charge in [-0.1, -0.05) is 13.8 Å². The number of nitrogens with zero attached hydrogens (tertiary/aromatic N) is 1. The summed E-state index contributed by atoms with van der Waals surface area (Å²) in [7, 11) is 0. The predicted octanol–water partition coefficient (Wildman–Crippen LogP) is 2.14. The molecular weight excluding hydrogens is 256 g/mol. The first-order valence-electron chi connectivity index (χ1n) is 6.22. The van der Waals surface area contributed by atoms with Gasteiger partial charge in [0, 0.05) is 19.1 Å². The highest BCUT2D eigenvalue weighted by Gasteiger charge is 2.26. The third-order valence-electron chi connectivity index (χ3n) is 3.03. The van der Waals surface area contributed by atoms with Crippen LogP contribution in [0.5, 0.6) is 0 Å². The molecule has 0 aromatic heterocycles. The molecule has 5 heteroatoms. The molecular formula is C12H25ClN2OS. The molecule has 0 aromatic carbocycles. The summed E-state index contributed by atoms with van der Waals surface area (Å²) in [5, 5.41) is 0. The van der Waals surface area contributed by atoms with E-state index >= 15 is 0 Å². The minimum Gasteiger partial charge on any atom is -0.338 e. The summed E-state index contributed by atoms with van der Waals surface area (Å²) in [4.78, 5) is 13.9. The Kier molecular flexibility index (Phi) is 9.10. The number of hydrogen-bond acceptors (Lipinski definition) is 3. The fourth-order valence-electron chi connectivity index (χ4n) is 1.97. The molecule has 17 heavy (non-hydrogen) atoms. The normalized spacial score (nSPS) is 19.5. The fraction of sp³-hybridized carbons (Fsp3) is 0.917. The van der Waals surface area contributed by atoms with Crippen LogP contribution in [-0.4, -0.2) is 41.4 Å². The quantitative estimate of drug-likeness (QED) is 0.759. The van der Waals surface area contributed by atoms with Crippen LogP contribution in [0.1, 0.15) is 33.1 Å². The number of rotatable bonds is 6. The molecule has 1 aliphatic heterocycles. The first-order valence-corrected chi connectivity index (χ1v) is 7.38. The van der Waals surface area contributed by atoms with Crippen molar-refractivity contribution < 1.29 is 4.79 Å². The molecule has 1 amide bonds. The van der Waals surface area contributed by atoms with Crippen molar-refractivity contribution in [2.75, 3.05) is 24.6 Å². The summed E-state index contributed by atoms with van der Waals surface area (Å²) in [5.41, 5.74) is 5.66. The number of amides is 1. The van der Waals surface area contributed by atoms with Crippen LogP contribution < -0.4 is 5.73 Å². The van der Waals surface area contributed by atoms with Gasteiger partial charge in [-0.3, -0.25) is 4.79 Å². The standard InChI is InChI=1S/C12H24N2OS.ClH/c1-10(2)5-7-16-9-12(15)14-6-3-4-11(14)8-13;/h10-11H,3-9,13H2,1-2H3;1H. The molecule has 0 aliphatic carbocycles. The molecule has 1 saturated heterocycles. The smallest absolute Gasteiger partial charge is 0.232 e. The van der Waals surface area contributed by atoms with Crippen LogP contribution in [0.15, 0.2) is 0 Å². The molecule has 1 aliphatic rings. The minimum absolute atomic E-state index is 0. The molecule has 1 heterocycles. The molecule has 0 aromatic rings. The lowest BCUT2D eigenvalue weighted by molar-refractivity contribution is -0.128. The maximum Gasteiger partial charge on any atom is 0.232 e. The summed E-state index contributed by atoms with van der Waals surface area (Å²) >= 11 is 1.76. The number of thioether (sulfide) groups is 1. The summed E-state index contributed by atoms with van der Waals surface area (Å²) in [5.74, 6) is 2.72. The van der Waals surface area contributed by atoms with Crippen molar-refractivity contribution in [2.24, 2.45) is 11.7 Å². The van der Waals surface area contributed by atoms with Gasteiger partial charge in [0.25, 0.3) is 0 Å². The first kappa shape index (κ1) is 17.1. The molecule has 1 fully saturated rings. The summed E-state index contributed by atoms with van der Waals surface area (Å²) in [6.07, 6.45) is 3.39. The van der Waals surface area contributed by atoms with E-state index in [1.807, 2.05) is 4.90 Å². The van der Waals surface area contributed by atoms with Crippen LogP contribution in [0.2, 0.25) is 0 Å². The Morgan fingerprint density at radius 2 is 2.24 bits per heavy atom. The van der Waals surface area contributed by atoms with Gasteiger partial charge in [-0.05, 0) is 30.9 Å². The van der Waals surface area contributed by atoms with Gasteiger partial charge in [0.1, 0.15) is 0 Å². The average molecular weight is 281 g/mol. The number of carbonyl (C=O) groups excluding carboxylic acids is 1. The van der Waals surface area contributed by atoms with E-state index in [1.54, 1.807) is 11.8 Å². The van der Waals surface area contributed by atoms with E-state index in [0.29, 0.717) is 18.3 Å². The lowest BCUT2D eigenvalue weighted by Crippen LogP contribution is -2.40. The van der Waals surface area contributed by atoms with Gasteiger partial charge >= 0.3 is 0 Å². The van der Waals surface area contributed by atoms with E-state index in [1.165, 1.54) is 6.42 Å². The topological polar surface area (TPSA) is 46.3 Å². The van der Waals surface area contributed by atoms with E-state index in [2.05, 4.69) is 13.8 Å². The maximum atomic E-state index is 11.9. The first-order chi connectivity index (χ1) is 7.65. The number of carbonyl (C=O) groups is 1. The number of hydrogen-bond donors (Lipinski definition) is 1. The summed E-state index contributed by atoms with van der Waals surface area (Å²) < 4.78 is 0. The Morgan fingerprint density at radius 3 is 2.82 bits per heavy atom. The lowest BCUT2D eigenvalue weighted by atomic mass is 10.2. The van der Waals surface area contributed by atoms with Gasteiger partial charge in [0.05, 0.1) is 5.75 Å². The molecule has 2 N–H and O–H groups in total. The van der Waals surface area contributed by atoms with Gasteiger partial charge in [-0.25, -0.2) is 0 Å². The molecule has 0 bridgehead atoms. The SMILES string of the molecule is CC(C)CCSCC(=O)N1CCCC1CN.Cl. The van der Waals surface area contributed by atoms with Crippen LogP contribution >= 0.6 is 24.2 Å². The average Bonchev–Trinajstić information content (AvgIpc) is 2.71. The van der Waals surface area contributed by atoms with Crippen LogP contribution in [0.3, 0.4) is 0 Å². The highest BCUT2D eigenvalue weighted by atomic mass is 35.5. The van der Waals surface area contributed by atoms with Crippen LogP contribution in [0.4, 0.5) is 0 Å². The van der Waals surface area contributed by atoms with Crippen molar-refractivity contribution in [1.82, 2.24) is 4.90 Å². The highest BCUT2D eigenvalue weighted by molar-refractivity contribution is 7.99. The molecule has 1 atom stereocenters. The van der Waals surface area contributed by atoms with E-state index in [4.69, 9.17) is 5.73 Å². The fourth-order valence-corrected chi connectivity index (χ4v) is 3.09. The molecule has 0 radical (unpaired) electrons. The largest absolute Gasteiger partial charge is 0.338 e. The summed E-state index contributed by atoms with van der Waals surface area (Å²) in [6.45, 7) is 5.95. The van der Waals surface area contributed by atoms with Gasteiger partial charge in [-0.2, -0.15) is 11.8 Å². The molecule has 1 unspecified atom stereocenters. The zero-order chi connectivity index (χ0) is 12.0. The van der Waals surface area contributed by atoms with Crippen LogP contribution in [0, 0.1) is 5.92 Å². The van der Waals surface area contributed by atoms with E-state index in [0.717, 1.165) is 31.1 Å². The van der Waals surface area contributed by atoms with Gasteiger partial charge in [-0.15, -0.1) is 12.4 Å². The van der Waals surface area contributed by atoms with Crippen molar-refractivity contribution in [3.8, 4) is 0 Å². The Bertz CT molecular complexity index is 227. The van der Waals surface area contributed by atoms with E-state index in [9.17, 15) is 4.79 Å². The Balaban J connectivity index is 0.00000256. The lowest BCUT2D eigenvalue weighted by Gasteiger charge is -2.23. The Morgan fingerprint density at radius 1 is 1.53 bits per heavy atom. The van der Waals surface area contributed by atoms with Gasteiger partial charge in [0.15, 0.2) is 0 Å². The van der Waals surface area contributed by atoms with Crippen molar-refractivity contribution >= 4 is 30.1 Å². The zero-order valence-corrected chi connectivity index (χ0v) is 12.5. The second-order valence-electron chi connectivity index (χ2n) is 4.85. The summed E-state index contributed by atoms with van der Waals surface area (Å²) in [6, 6.07) is 0.304. The van der Waals surface area contributed by atoms with Gasteiger partial charge in [0.2, 0.25) is 5.91 Å². The van der Waals surface area contributed by atoms with Crippen LogP contribution in [-0.2, 0) is 4.79 Å². The number of nitrogens with two attached hydrogens (primary N) is 1. The Labute approximate surface area is 115 Å². The van der Waals surface area contributed by atoms with Crippen molar-refractivity contribution in [3.63, 3.8) is 0 Å². The monoisotopic (exact) mass is 280 g/mol. The van der Waals surface area contributed by atoms with E-state index < -0.39 is 0 Å². The second kappa shape index (κ2) is 9.06. The third-order valence-corrected chi connectivity index (χ3v) is 4.01. The molecule has 0 spiro atoms. The van der Waals surface area contributed by atoms with Crippen molar-refractivity contribution in [2.45, 2.75) is 39.2 Å². The number of likely N-dealkylation sites (tertiary alicyclic amines) is 1. The molecule has 0 saturated carbocycles. The van der Waals surface area contributed by atoms with E-state index in [-0.39, 0.29) is 18.3 Å². The third kappa shape index (κ3) is 5.98. The second-order valence-corrected chi connectivity index (χ2v) is 5.96.